The van der Waals surface area contributed by atoms with Crippen molar-refractivity contribution in [1.29, 1.82) is 0 Å². The fourth-order valence-corrected chi connectivity index (χ4v) is 4.45. The zero-order valence-corrected chi connectivity index (χ0v) is 9.96. The first-order chi connectivity index (χ1) is 8.34. The summed E-state index contributed by atoms with van der Waals surface area (Å²) in [5.41, 5.74) is 1.32. The number of fused-ring (bicyclic) bond motifs is 8. The zero-order chi connectivity index (χ0) is 11.1. The summed E-state index contributed by atoms with van der Waals surface area (Å²) in [7, 11) is 0. The highest BCUT2D eigenvalue weighted by Gasteiger charge is 2.72. The Bertz CT molecular complexity index is 502. The Morgan fingerprint density at radius 1 is 1.00 bits per heavy atom. The molecule has 6 atom stereocenters. The Labute approximate surface area is 104 Å². The SMILES string of the molecule is Clc1ccc(N2C3C2[C@@H]2C[C@H]3[C@@H]3N=N[C@@H]32)cc1. The van der Waals surface area contributed by atoms with Crippen molar-refractivity contribution in [3.05, 3.63) is 29.3 Å². The fourth-order valence-electron chi connectivity index (χ4n) is 4.32. The number of benzene rings is 1. The fraction of sp³-hybridized carbons (Fsp3) is 0.538. The van der Waals surface area contributed by atoms with Crippen LogP contribution in [0.25, 0.3) is 0 Å². The van der Waals surface area contributed by atoms with Crippen molar-refractivity contribution in [2.45, 2.75) is 30.6 Å². The number of piperidine rings is 1. The highest BCUT2D eigenvalue weighted by molar-refractivity contribution is 6.30. The second-order valence-corrected chi connectivity index (χ2v) is 6.08. The summed E-state index contributed by atoms with van der Waals surface area (Å²) >= 11 is 5.93. The number of azo groups is 1. The number of halogens is 1. The van der Waals surface area contributed by atoms with Gasteiger partial charge in [-0.05, 0) is 30.7 Å². The molecule has 4 heteroatoms. The van der Waals surface area contributed by atoms with Crippen LogP contribution in [0.15, 0.2) is 34.5 Å². The summed E-state index contributed by atoms with van der Waals surface area (Å²) in [5.74, 6) is 1.53. The van der Waals surface area contributed by atoms with Crippen LogP contribution in [-0.2, 0) is 0 Å². The number of hydrogen-bond acceptors (Lipinski definition) is 3. The van der Waals surface area contributed by atoms with E-state index in [-0.39, 0.29) is 0 Å². The molecule has 1 aromatic carbocycles. The van der Waals surface area contributed by atoms with E-state index < -0.39 is 0 Å². The van der Waals surface area contributed by atoms with Gasteiger partial charge in [-0.1, -0.05) is 11.6 Å². The Kier molecular flexibility index (Phi) is 1.40. The van der Waals surface area contributed by atoms with Gasteiger partial charge in [0.15, 0.2) is 0 Å². The second-order valence-electron chi connectivity index (χ2n) is 5.64. The van der Waals surface area contributed by atoms with E-state index in [1.807, 2.05) is 12.1 Å². The predicted molar refractivity (Wildman–Crippen MR) is 65.5 cm³/mol. The molecule has 0 N–H and O–H groups in total. The van der Waals surface area contributed by atoms with Gasteiger partial charge >= 0.3 is 0 Å². The number of rotatable bonds is 1. The molecule has 2 bridgehead atoms. The van der Waals surface area contributed by atoms with Crippen LogP contribution in [0, 0.1) is 11.8 Å². The van der Waals surface area contributed by atoms with Crippen molar-refractivity contribution in [3.8, 4) is 0 Å². The molecule has 2 unspecified atom stereocenters. The molecular formula is C13H12ClN3. The first kappa shape index (κ1) is 8.92. The molecule has 5 rings (SSSR count). The van der Waals surface area contributed by atoms with Crippen LogP contribution in [0.1, 0.15) is 6.42 Å². The van der Waals surface area contributed by atoms with Gasteiger partial charge in [0.25, 0.3) is 0 Å². The largest absolute Gasteiger partial charge is 0.361 e. The highest BCUT2D eigenvalue weighted by atomic mass is 35.5. The van der Waals surface area contributed by atoms with E-state index in [0.717, 1.165) is 28.9 Å². The van der Waals surface area contributed by atoms with E-state index in [1.54, 1.807) is 0 Å². The normalized spacial score (nSPS) is 47.7. The molecule has 2 aliphatic carbocycles. The van der Waals surface area contributed by atoms with Gasteiger partial charge in [0.1, 0.15) is 12.1 Å². The molecule has 1 aromatic rings. The van der Waals surface area contributed by atoms with Crippen LogP contribution in [0.4, 0.5) is 5.69 Å². The van der Waals surface area contributed by atoms with Gasteiger partial charge in [0, 0.05) is 22.5 Å². The maximum Gasteiger partial charge on any atom is 0.100 e. The molecule has 2 heterocycles. The quantitative estimate of drug-likeness (QED) is 0.699. The first-order valence-electron chi connectivity index (χ1n) is 6.28. The van der Waals surface area contributed by atoms with E-state index in [9.17, 15) is 0 Å². The average Bonchev–Trinajstić information content (AvgIpc) is 2.84. The van der Waals surface area contributed by atoms with Crippen LogP contribution in [0.5, 0.6) is 0 Å². The minimum absolute atomic E-state index is 0.554. The van der Waals surface area contributed by atoms with Crippen LogP contribution in [0.3, 0.4) is 0 Å². The summed E-state index contributed by atoms with van der Waals surface area (Å²) in [6, 6.07) is 10.8. The van der Waals surface area contributed by atoms with E-state index >= 15 is 0 Å². The Hall–Kier alpha value is -1.09. The molecule has 0 radical (unpaired) electrons. The molecule has 0 amide bonds. The zero-order valence-electron chi connectivity index (χ0n) is 9.20. The van der Waals surface area contributed by atoms with Crippen LogP contribution < -0.4 is 4.90 Å². The summed E-state index contributed by atoms with van der Waals surface area (Å²) in [5, 5.41) is 9.43. The third kappa shape index (κ3) is 0.922. The Morgan fingerprint density at radius 3 is 2.12 bits per heavy atom. The average molecular weight is 246 g/mol. The number of nitrogens with zero attached hydrogens (tertiary/aromatic N) is 3. The van der Waals surface area contributed by atoms with Gasteiger partial charge in [-0.3, -0.25) is 0 Å². The van der Waals surface area contributed by atoms with Crippen molar-refractivity contribution in [2.24, 2.45) is 22.1 Å². The molecule has 4 aliphatic rings. The lowest BCUT2D eigenvalue weighted by Gasteiger charge is -2.27. The molecule has 2 aliphatic heterocycles. The lowest BCUT2D eigenvalue weighted by atomic mass is 9.90. The molecule has 86 valence electrons. The van der Waals surface area contributed by atoms with Crippen LogP contribution in [-0.4, -0.2) is 24.2 Å². The van der Waals surface area contributed by atoms with Crippen molar-refractivity contribution in [3.63, 3.8) is 0 Å². The number of hydrogen-bond donors (Lipinski definition) is 0. The van der Waals surface area contributed by atoms with Gasteiger partial charge in [0.05, 0.1) is 12.1 Å². The molecular weight excluding hydrogens is 234 g/mol. The minimum Gasteiger partial charge on any atom is -0.361 e. The maximum atomic E-state index is 5.93. The summed E-state index contributed by atoms with van der Waals surface area (Å²) in [6.45, 7) is 0. The van der Waals surface area contributed by atoms with E-state index in [2.05, 4.69) is 27.3 Å². The van der Waals surface area contributed by atoms with Gasteiger partial charge < -0.3 is 4.90 Å². The third-order valence-electron chi connectivity index (χ3n) is 5.01. The first-order valence-corrected chi connectivity index (χ1v) is 6.66. The lowest BCUT2D eigenvalue weighted by Crippen LogP contribution is -2.39. The van der Waals surface area contributed by atoms with Gasteiger partial charge in [-0.25, -0.2) is 0 Å². The lowest BCUT2D eigenvalue weighted by molar-refractivity contribution is 0.315. The van der Waals surface area contributed by atoms with E-state index in [1.165, 1.54) is 12.1 Å². The van der Waals surface area contributed by atoms with Gasteiger partial charge in [0.2, 0.25) is 0 Å². The second kappa shape index (κ2) is 2.66. The van der Waals surface area contributed by atoms with Gasteiger partial charge in [-0.15, -0.1) is 0 Å². The van der Waals surface area contributed by atoms with Crippen LogP contribution >= 0.6 is 11.6 Å². The molecule has 0 aromatic heterocycles. The Morgan fingerprint density at radius 2 is 1.59 bits per heavy atom. The van der Waals surface area contributed by atoms with Crippen molar-refractivity contribution >= 4 is 17.3 Å². The monoisotopic (exact) mass is 245 g/mol. The smallest absolute Gasteiger partial charge is 0.100 e. The Balaban J connectivity index is 1.49. The van der Waals surface area contributed by atoms with Crippen molar-refractivity contribution in [1.82, 2.24) is 0 Å². The molecule has 2 saturated carbocycles. The summed E-state index contributed by atoms with van der Waals surface area (Å²) < 4.78 is 0. The standard InChI is InChI=1S/C13H12ClN3/c14-6-1-3-7(4-2-6)17-12-8-5-9(13(12)17)11-10(8)15-16-11/h1-4,8-13H,5H2/t8-,9+,10-,11+,12?,13?,17?. The third-order valence-corrected chi connectivity index (χ3v) is 5.26. The van der Waals surface area contributed by atoms with E-state index in [0.29, 0.717) is 12.1 Å². The van der Waals surface area contributed by atoms with E-state index in [4.69, 9.17) is 11.6 Å². The van der Waals surface area contributed by atoms with Crippen molar-refractivity contribution < 1.29 is 0 Å². The molecule has 3 nitrogen and oxygen atoms in total. The maximum absolute atomic E-state index is 5.93. The highest BCUT2D eigenvalue weighted by Crippen LogP contribution is 2.63. The van der Waals surface area contributed by atoms with Crippen molar-refractivity contribution in [2.75, 3.05) is 4.90 Å². The number of anilines is 1. The molecule has 0 spiro atoms. The van der Waals surface area contributed by atoms with Gasteiger partial charge in [-0.2, -0.15) is 10.2 Å². The molecule has 17 heavy (non-hydrogen) atoms. The predicted octanol–water partition coefficient (Wildman–Crippen LogP) is 2.75. The minimum atomic E-state index is 0.554. The molecule has 1 saturated heterocycles. The summed E-state index contributed by atoms with van der Waals surface area (Å²) in [6.07, 6.45) is 1.35. The summed E-state index contributed by atoms with van der Waals surface area (Å²) in [4.78, 5) is 2.55. The molecule has 3 fully saturated rings. The topological polar surface area (TPSA) is 27.7 Å². The van der Waals surface area contributed by atoms with Crippen LogP contribution in [0.2, 0.25) is 5.02 Å².